The van der Waals surface area contributed by atoms with Gasteiger partial charge in [0, 0.05) is 5.56 Å². The number of hydrogen-bond donors (Lipinski definition) is 0. The lowest BCUT2D eigenvalue weighted by Gasteiger charge is -2.28. The quantitative estimate of drug-likeness (QED) is 0.514. The highest BCUT2D eigenvalue weighted by Crippen LogP contribution is 2.38. The number of allylic oxidation sites excluding steroid dienone is 1. The fourth-order valence-electron chi connectivity index (χ4n) is 3.83. The van der Waals surface area contributed by atoms with Crippen LogP contribution in [-0.2, 0) is 0 Å². The van der Waals surface area contributed by atoms with Gasteiger partial charge in [0.1, 0.15) is 0 Å². The predicted molar refractivity (Wildman–Crippen MR) is 102 cm³/mol. The average molecular weight is 356 g/mol. The molecule has 1 saturated carbocycles. The van der Waals surface area contributed by atoms with E-state index in [4.69, 9.17) is 4.74 Å². The summed E-state index contributed by atoms with van der Waals surface area (Å²) in [7, 11) is 0. The molecule has 26 heavy (non-hydrogen) atoms. The van der Waals surface area contributed by atoms with Gasteiger partial charge in [0.2, 0.25) is 5.82 Å². The van der Waals surface area contributed by atoms with E-state index in [9.17, 15) is 8.78 Å². The van der Waals surface area contributed by atoms with Crippen molar-refractivity contribution in [1.29, 1.82) is 0 Å². The van der Waals surface area contributed by atoms with Gasteiger partial charge >= 0.3 is 0 Å². The summed E-state index contributed by atoms with van der Waals surface area (Å²) < 4.78 is 33.7. The molecule has 0 aliphatic heterocycles. The zero-order valence-corrected chi connectivity index (χ0v) is 15.5. The second-order valence-electron chi connectivity index (χ2n) is 7.07. The molecular formula is C23H26F2O. The van der Waals surface area contributed by atoms with Crippen LogP contribution < -0.4 is 4.74 Å². The van der Waals surface area contributed by atoms with Crippen LogP contribution in [0.5, 0.6) is 5.75 Å². The van der Waals surface area contributed by atoms with E-state index >= 15 is 0 Å². The Bertz CT molecular complexity index is 757. The minimum absolute atomic E-state index is 0.103. The van der Waals surface area contributed by atoms with Gasteiger partial charge in [0.25, 0.3) is 0 Å². The van der Waals surface area contributed by atoms with Crippen LogP contribution in [0.4, 0.5) is 8.78 Å². The maximum absolute atomic E-state index is 14.4. The van der Waals surface area contributed by atoms with E-state index in [0.29, 0.717) is 11.5 Å². The first-order chi connectivity index (χ1) is 12.6. The Labute approximate surface area is 154 Å². The molecule has 0 spiro atoms. The molecule has 1 nitrogen and oxygen atoms in total. The Morgan fingerprint density at radius 1 is 0.962 bits per heavy atom. The van der Waals surface area contributed by atoms with Crippen LogP contribution in [0.15, 0.2) is 48.7 Å². The summed E-state index contributed by atoms with van der Waals surface area (Å²) in [6.45, 7) is 4.02. The highest BCUT2D eigenvalue weighted by molar-refractivity contribution is 5.65. The molecular weight excluding hydrogens is 330 g/mol. The first kappa shape index (κ1) is 18.6. The molecule has 0 bridgehead atoms. The van der Waals surface area contributed by atoms with E-state index in [1.54, 1.807) is 19.1 Å². The molecule has 0 radical (unpaired) electrons. The second-order valence-corrected chi connectivity index (χ2v) is 7.07. The minimum atomic E-state index is -0.956. The van der Waals surface area contributed by atoms with Gasteiger partial charge in [-0.25, -0.2) is 4.39 Å². The lowest BCUT2D eigenvalue weighted by molar-refractivity contribution is 0.319. The monoisotopic (exact) mass is 356 g/mol. The van der Waals surface area contributed by atoms with Gasteiger partial charge in [0.05, 0.1) is 6.26 Å². The number of hydrogen-bond acceptors (Lipinski definition) is 1. The molecule has 0 heterocycles. The summed E-state index contributed by atoms with van der Waals surface area (Å²) in [6, 6.07) is 10.9. The van der Waals surface area contributed by atoms with Gasteiger partial charge < -0.3 is 4.74 Å². The lowest BCUT2D eigenvalue weighted by Crippen LogP contribution is -2.12. The van der Waals surface area contributed by atoms with Crippen LogP contribution >= 0.6 is 0 Å². The van der Waals surface area contributed by atoms with Crippen molar-refractivity contribution >= 4 is 0 Å². The molecule has 3 heteroatoms. The highest BCUT2D eigenvalue weighted by atomic mass is 19.2. The van der Waals surface area contributed by atoms with Crippen molar-refractivity contribution in [2.24, 2.45) is 5.92 Å². The molecule has 3 rings (SSSR count). The van der Waals surface area contributed by atoms with Gasteiger partial charge in [-0.1, -0.05) is 43.7 Å². The van der Waals surface area contributed by atoms with E-state index in [2.05, 4.69) is 19.1 Å². The molecule has 1 aliphatic carbocycles. The van der Waals surface area contributed by atoms with Crippen LogP contribution in [0, 0.1) is 17.6 Å². The van der Waals surface area contributed by atoms with E-state index in [-0.39, 0.29) is 11.3 Å². The molecule has 2 aromatic rings. The summed E-state index contributed by atoms with van der Waals surface area (Å²) in [5.41, 5.74) is 2.25. The van der Waals surface area contributed by atoms with Crippen molar-refractivity contribution in [2.75, 3.05) is 0 Å². The van der Waals surface area contributed by atoms with Crippen LogP contribution in [-0.4, -0.2) is 0 Å². The van der Waals surface area contributed by atoms with Gasteiger partial charge in [0.15, 0.2) is 11.6 Å². The van der Waals surface area contributed by atoms with E-state index in [1.807, 2.05) is 12.1 Å². The van der Waals surface area contributed by atoms with Crippen LogP contribution in [0.25, 0.3) is 11.1 Å². The molecule has 0 saturated heterocycles. The van der Waals surface area contributed by atoms with Crippen molar-refractivity contribution in [3.05, 3.63) is 65.9 Å². The van der Waals surface area contributed by atoms with Gasteiger partial charge in [-0.05, 0) is 67.7 Å². The Morgan fingerprint density at radius 3 is 2.27 bits per heavy atom. The normalized spacial score (nSPS) is 20.5. The summed E-state index contributed by atoms with van der Waals surface area (Å²) in [4.78, 5) is 0. The zero-order chi connectivity index (χ0) is 18.5. The van der Waals surface area contributed by atoms with Gasteiger partial charge in [-0.2, -0.15) is 4.39 Å². The third-order valence-electron chi connectivity index (χ3n) is 5.50. The summed E-state index contributed by atoms with van der Waals surface area (Å²) in [5.74, 6) is -0.477. The number of benzene rings is 2. The van der Waals surface area contributed by atoms with Crippen molar-refractivity contribution in [2.45, 2.75) is 51.9 Å². The maximum atomic E-state index is 14.4. The summed E-state index contributed by atoms with van der Waals surface area (Å²) >= 11 is 0. The average Bonchev–Trinajstić information content (AvgIpc) is 2.69. The van der Waals surface area contributed by atoms with Crippen molar-refractivity contribution in [1.82, 2.24) is 0 Å². The van der Waals surface area contributed by atoms with Crippen molar-refractivity contribution in [3.8, 4) is 16.9 Å². The number of ether oxygens (including phenoxy) is 1. The van der Waals surface area contributed by atoms with E-state index in [1.165, 1.54) is 50.0 Å². The first-order valence-corrected chi connectivity index (χ1v) is 9.50. The van der Waals surface area contributed by atoms with Gasteiger partial charge in [-0.15, -0.1) is 0 Å². The third-order valence-corrected chi connectivity index (χ3v) is 5.50. The molecule has 0 amide bonds. The predicted octanol–water partition coefficient (Wildman–Crippen LogP) is 7.23. The molecule has 0 aromatic heterocycles. The minimum Gasteiger partial charge on any atom is -0.462 e. The topological polar surface area (TPSA) is 9.23 Å². The fraction of sp³-hybridized carbons (Fsp3) is 0.391. The van der Waals surface area contributed by atoms with Crippen LogP contribution in [0.1, 0.15) is 57.4 Å². The third kappa shape index (κ3) is 3.98. The second kappa shape index (κ2) is 8.48. The number of halogens is 2. The molecule has 0 atom stereocenters. The zero-order valence-electron chi connectivity index (χ0n) is 15.5. The summed E-state index contributed by atoms with van der Waals surface area (Å²) in [6.07, 6.45) is 9.24. The standard InChI is InChI=1S/C23H26F2O/c1-3-15-26-21-14-13-20(22(24)23(21)25)19-11-9-18(10-12-19)17-7-5-16(4-2)6-8-17/h3,9-17H,4-8H2,1-2H3. The lowest BCUT2D eigenvalue weighted by atomic mass is 9.77. The summed E-state index contributed by atoms with van der Waals surface area (Å²) in [5, 5.41) is 0. The van der Waals surface area contributed by atoms with Crippen molar-refractivity contribution in [3.63, 3.8) is 0 Å². The Balaban J connectivity index is 1.77. The van der Waals surface area contributed by atoms with Crippen LogP contribution in [0.3, 0.4) is 0 Å². The number of rotatable bonds is 5. The smallest absolute Gasteiger partial charge is 0.201 e. The Kier molecular flexibility index (Phi) is 6.08. The van der Waals surface area contributed by atoms with Crippen LogP contribution in [0.2, 0.25) is 0 Å². The molecule has 138 valence electrons. The molecule has 0 N–H and O–H groups in total. The first-order valence-electron chi connectivity index (χ1n) is 9.50. The Morgan fingerprint density at radius 2 is 1.65 bits per heavy atom. The van der Waals surface area contributed by atoms with E-state index < -0.39 is 11.6 Å². The molecule has 2 aromatic carbocycles. The molecule has 1 fully saturated rings. The largest absolute Gasteiger partial charge is 0.462 e. The van der Waals surface area contributed by atoms with Gasteiger partial charge in [-0.3, -0.25) is 0 Å². The van der Waals surface area contributed by atoms with Crippen molar-refractivity contribution < 1.29 is 13.5 Å². The van der Waals surface area contributed by atoms with E-state index in [0.717, 1.165) is 5.92 Å². The highest BCUT2D eigenvalue weighted by Gasteiger charge is 2.21. The fourth-order valence-corrected chi connectivity index (χ4v) is 3.83. The SMILES string of the molecule is CC=COc1ccc(-c2ccc(C3CCC(CC)CC3)cc2)c(F)c1F. The molecule has 0 unspecified atom stereocenters. The molecule has 1 aliphatic rings. The maximum Gasteiger partial charge on any atom is 0.201 e. The Hall–Kier alpha value is -2.16.